The van der Waals surface area contributed by atoms with Crippen LogP contribution < -0.4 is 5.32 Å². The maximum atomic E-state index is 12.4. The van der Waals surface area contributed by atoms with Gasteiger partial charge in [0, 0.05) is 6.61 Å². The molecule has 3 aromatic rings. The van der Waals surface area contributed by atoms with Crippen LogP contribution >= 0.6 is 0 Å². The van der Waals surface area contributed by atoms with Gasteiger partial charge in [0.2, 0.25) is 5.82 Å². The standard InChI is InChI=1S/C18H18N4O2/c23-12-11-16(14-7-3-1-4-8-14)20-18(24)17-19-13-22(21-17)15-9-5-2-6-10-15/h1-10,13,16,23H,11-12H2,(H,20,24)/t16-/m1/s1. The number of aliphatic hydroxyl groups is 1. The molecule has 6 nitrogen and oxygen atoms in total. The van der Waals surface area contributed by atoms with E-state index in [1.54, 1.807) is 4.68 Å². The largest absolute Gasteiger partial charge is 0.396 e. The maximum Gasteiger partial charge on any atom is 0.291 e. The summed E-state index contributed by atoms with van der Waals surface area (Å²) >= 11 is 0. The molecule has 1 amide bonds. The number of carbonyl (C=O) groups excluding carboxylic acids is 1. The van der Waals surface area contributed by atoms with Crippen molar-refractivity contribution >= 4 is 5.91 Å². The van der Waals surface area contributed by atoms with E-state index in [4.69, 9.17) is 0 Å². The van der Waals surface area contributed by atoms with Gasteiger partial charge in [0.05, 0.1) is 11.7 Å². The lowest BCUT2D eigenvalue weighted by Gasteiger charge is -2.17. The van der Waals surface area contributed by atoms with Gasteiger partial charge in [0.1, 0.15) is 6.33 Å². The van der Waals surface area contributed by atoms with Crippen LogP contribution in [-0.2, 0) is 0 Å². The van der Waals surface area contributed by atoms with Crippen LogP contribution in [0, 0.1) is 0 Å². The summed E-state index contributed by atoms with van der Waals surface area (Å²) in [6.07, 6.45) is 1.93. The van der Waals surface area contributed by atoms with Gasteiger partial charge in [-0.25, -0.2) is 9.67 Å². The molecule has 0 aliphatic carbocycles. The van der Waals surface area contributed by atoms with Crippen molar-refractivity contribution in [2.45, 2.75) is 12.5 Å². The minimum absolute atomic E-state index is 0.0221. The molecule has 6 heteroatoms. The Labute approximate surface area is 139 Å². The minimum atomic E-state index is -0.369. The van der Waals surface area contributed by atoms with E-state index in [1.807, 2.05) is 60.7 Å². The van der Waals surface area contributed by atoms with Crippen LogP contribution in [-0.4, -0.2) is 32.4 Å². The van der Waals surface area contributed by atoms with Crippen molar-refractivity contribution in [2.75, 3.05) is 6.61 Å². The number of amides is 1. The highest BCUT2D eigenvalue weighted by atomic mass is 16.3. The second kappa shape index (κ2) is 7.52. The van der Waals surface area contributed by atoms with E-state index in [1.165, 1.54) is 6.33 Å². The zero-order valence-electron chi connectivity index (χ0n) is 13.0. The molecule has 0 bridgehead atoms. The molecule has 1 aromatic heterocycles. The number of nitrogens with one attached hydrogen (secondary N) is 1. The van der Waals surface area contributed by atoms with Crippen molar-refractivity contribution in [3.63, 3.8) is 0 Å². The van der Waals surface area contributed by atoms with Crippen LogP contribution in [0.25, 0.3) is 5.69 Å². The molecule has 24 heavy (non-hydrogen) atoms. The van der Waals surface area contributed by atoms with Gasteiger partial charge < -0.3 is 10.4 Å². The molecule has 2 aromatic carbocycles. The van der Waals surface area contributed by atoms with Crippen LogP contribution in [0.3, 0.4) is 0 Å². The number of rotatable bonds is 6. The van der Waals surface area contributed by atoms with Crippen LogP contribution in [0.1, 0.15) is 28.6 Å². The van der Waals surface area contributed by atoms with E-state index < -0.39 is 0 Å². The predicted octanol–water partition coefficient (Wildman–Crippen LogP) is 2.12. The van der Waals surface area contributed by atoms with Gasteiger partial charge in [-0.05, 0) is 24.1 Å². The summed E-state index contributed by atoms with van der Waals surface area (Å²) < 4.78 is 1.55. The van der Waals surface area contributed by atoms with Gasteiger partial charge in [-0.3, -0.25) is 4.79 Å². The predicted molar refractivity (Wildman–Crippen MR) is 89.7 cm³/mol. The average molecular weight is 322 g/mol. The molecule has 0 spiro atoms. The van der Waals surface area contributed by atoms with Crippen molar-refractivity contribution in [2.24, 2.45) is 0 Å². The van der Waals surface area contributed by atoms with E-state index in [9.17, 15) is 9.90 Å². The fraction of sp³-hybridized carbons (Fsp3) is 0.167. The summed E-state index contributed by atoms with van der Waals surface area (Å²) in [7, 11) is 0. The van der Waals surface area contributed by atoms with Gasteiger partial charge in [0.25, 0.3) is 5.91 Å². The van der Waals surface area contributed by atoms with Crippen LogP contribution in [0.5, 0.6) is 0 Å². The molecular weight excluding hydrogens is 304 g/mol. The zero-order valence-corrected chi connectivity index (χ0v) is 13.0. The molecule has 1 heterocycles. The number of hydrogen-bond acceptors (Lipinski definition) is 4. The first-order chi connectivity index (χ1) is 11.8. The Kier molecular flexibility index (Phi) is 4.98. The Morgan fingerprint density at radius 2 is 1.75 bits per heavy atom. The molecule has 0 unspecified atom stereocenters. The molecular formula is C18H18N4O2. The molecule has 0 radical (unpaired) electrons. The summed E-state index contributed by atoms with van der Waals surface area (Å²) in [4.78, 5) is 16.5. The lowest BCUT2D eigenvalue weighted by Crippen LogP contribution is -2.30. The Bertz CT molecular complexity index is 787. The zero-order chi connectivity index (χ0) is 16.8. The van der Waals surface area contributed by atoms with E-state index in [-0.39, 0.29) is 24.4 Å². The molecule has 0 saturated heterocycles. The number of benzene rings is 2. The molecule has 2 N–H and O–H groups in total. The molecule has 0 aliphatic heterocycles. The minimum Gasteiger partial charge on any atom is -0.396 e. The van der Waals surface area contributed by atoms with E-state index >= 15 is 0 Å². The fourth-order valence-corrected chi connectivity index (χ4v) is 2.43. The van der Waals surface area contributed by atoms with Gasteiger partial charge in [-0.1, -0.05) is 48.5 Å². The highest BCUT2D eigenvalue weighted by molar-refractivity contribution is 5.90. The Morgan fingerprint density at radius 3 is 2.42 bits per heavy atom. The van der Waals surface area contributed by atoms with Gasteiger partial charge in [0.15, 0.2) is 0 Å². The average Bonchev–Trinajstić information content (AvgIpc) is 3.13. The monoisotopic (exact) mass is 322 g/mol. The van der Waals surface area contributed by atoms with Crippen LogP contribution in [0.4, 0.5) is 0 Å². The van der Waals surface area contributed by atoms with E-state index in [0.717, 1.165) is 11.3 Å². The number of aliphatic hydroxyl groups excluding tert-OH is 1. The number of para-hydroxylation sites is 1. The van der Waals surface area contributed by atoms with Gasteiger partial charge in [-0.2, -0.15) is 0 Å². The highest BCUT2D eigenvalue weighted by Crippen LogP contribution is 2.16. The summed E-state index contributed by atoms with van der Waals surface area (Å²) in [6.45, 7) is -0.0221. The van der Waals surface area contributed by atoms with Crippen LogP contribution in [0.15, 0.2) is 67.0 Å². The topological polar surface area (TPSA) is 80.0 Å². The third-order valence-corrected chi connectivity index (χ3v) is 3.64. The van der Waals surface area contributed by atoms with Crippen molar-refractivity contribution in [1.29, 1.82) is 0 Å². The van der Waals surface area contributed by atoms with Gasteiger partial charge in [-0.15, -0.1) is 5.10 Å². The normalized spacial score (nSPS) is 11.9. The third-order valence-electron chi connectivity index (χ3n) is 3.64. The lowest BCUT2D eigenvalue weighted by molar-refractivity contribution is 0.0919. The molecule has 0 saturated carbocycles. The Hall–Kier alpha value is -2.99. The molecule has 0 aliphatic rings. The van der Waals surface area contributed by atoms with E-state index in [2.05, 4.69) is 15.4 Å². The van der Waals surface area contributed by atoms with Crippen molar-refractivity contribution in [1.82, 2.24) is 20.1 Å². The Balaban J connectivity index is 1.75. The van der Waals surface area contributed by atoms with Crippen molar-refractivity contribution < 1.29 is 9.90 Å². The number of carbonyl (C=O) groups is 1. The highest BCUT2D eigenvalue weighted by Gasteiger charge is 2.18. The summed E-state index contributed by atoms with van der Waals surface area (Å²) in [5, 5.41) is 16.3. The Morgan fingerprint density at radius 1 is 1.08 bits per heavy atom. The third kappa shape index (κ3) is 3.67. The second-order valence-electron chi connectivity index (χ2n) is 5.30. The number of hydrogen-bond donors (Lipinski definition) is 2. The van der Waals surface area contributed by atoms with Gasteiger partial charge >= 0.3 is 0 Å². The summed E-state index contributed by atoms with van der Waals surface area (Å²) in [5.41, 5.74) is 1.77. The maximum absolute atomic E-state index is 12.4. The quantitative estimate of drug-likeness (QED) is 0.728. The van der Waals surface area contributed by atoms with Crippen molar-refractivity contribution in [3.8, 4) is 5.69 Å². The fourth-order valence-electron chi connectivity index (χ4n) is 2.43. The molecule has 1 atom stereocenters. The number of aromatic nitrogens is 3. The lowest BCUT2D eigenvalue weighted by atomic mass is 10.0. The first-order valence-corrected chi connectivity index (χ1v) is 7.71. The molecule has 3 rings (SSSR count). The SMILES string of the molecule is O=C(N[C@H](CCO)c1ccccc1)c1ncn(-c2ccccc2)n1. The molecule has 122 valence electrons. The molecule has 0 fully saturated rings. The first kappa shape index (κ1) is 15.9. The second-order valence-corrected chi connectivity index (χ2v) is 5.30. The smallest absolute Gasteiger partial charge is 0.291 e. The number of nitrogens with zero attached hydrogens (tertiary/aromatic N) is 3. The first-order valence-electron chi connectivity index (χ1n) is 7.71. The summed E-state index contributed by atoms with van der Waals surface area (Å²) in [5.74, 6) is -0.273. The van der Waals surface area contributed by atoms with Crippen molar-refractivity contribution in [3.05, 3.63) is 78.4 Å². The van der Waals surface area contributed by atoms with E-state index in [0.29, 0.717) is 6.42 Å². The summed E-state index contributed by atoms with van der Waals surface area (Å²) in [6, 6.07) is 18.7. The van der Waals surface area contributed by atoms with Crippen LogP contribution in [0.2, 0.25) is 0 Å².